The summed E-state index contributed by atoms with van der Waals surface area (Å²) in [5, 5.41) is 5.40. The second kappa shape index (κ2) is 6.78. The third-order valence-corrected chi connectivity index (χ3v) is 3.31. The summed E-state index contributed by atoms with van der Waals surface area (Å²) in [5.41, 5.74) is 0.646. The summed E-state index contributed by atoms with van der Waals surface area (Å²) in [6.07, 6.45) is 4.86. The number of nitrogens with one attached hydrogen (secondary N) is 2. The van der Waals surface area contributed by atoms with E-state index in [-0.39, 0.29) is 0 Å². The van der Waals surface area contributed by atoms with Crippen LogP contribution in [0.15, 0.2) is 49.1 Å². The van der Waals surface area contributed by atoms with Gasteiger partial charge in [-0.2, -0.15) is 0 Å². The van der Waals surface area contributed by atoms with Crippen LogP contribution in [0.5, 0.6) is 5.75 Å². The standard InChI is InChI=1S/C16H16N6O2/c1-11-17-7-8-22(11)15-9-14(18-10-19-15)21-16(23)20-12-3-5-13(24-2)6-4-12/h3-10H,1-2H3,(H2,18,19,20,21,23). The summed E-state index contributed by atoms with van der Waals surface area (Å²) in [5.74, 6) is 2.53. The zero-order valence-electron chi connectivity index (χ0n) is 13.2. The number of carbonyl (C=O) groups is 1. The molecule has 0 atom stereocenters. The molecule has 0 saturated carbocycles. The zero-order valence-corrected chi connectivity index (χ0v) is 13.2. The maximum Gasteiger partial charge on any atom is 0.324 e. The first-order valence-electron chi connectivity index (χ1n) is 7.20. The Morgan fingerprint density at radius 3 is 2.58 bits per heavy atom. The molecule has 2 amide bonds. The fourth-order valence-corrected chi connectivity index (χ4v) is 2.12. The minimum Gasteiger partial charge on any atom is -0.497 e. The quantitative estimate of drug-likeness (QED) is 0.769. The molecule has 122 valence electrons. The van der Waals surface area contributed by atoms with Crippen molar-refractivity contribution in [2.24, 2.45) is 0 Å². The fraction of sp³-hybridized carbons (Fsp3) is 0.125. The first kappa shape index (κ1) is 15.5. The molecule has 2 aromatic heterocycles. The van der Waals surface area contributed by atoms with E-state index < -0.39 is 6.03 Å². The molecule has 0 fully saturated rings. The van der Waals surface area contributed by atoms with Gasteiger partial charge in [0.2, 0.25) is 0 Å². The van der Waals surface area contributed by atoms with Crippen LogP contribution in [-0.2, 0) is 0 Å². The molecular formula is C16H16N6O2. The highest BCUT2D eigenvalue weighted by atomic mass is 16.5. The lowest BCUT2D eigenvalue weighted by Crippen LogP contribution is -2.20. The molecule has 0 radical (unpaired) electrons. The predicted octanol–water partition coefficient (Wildman–Crippen LogP) is 2.62. The smallest absolute Gasteiger partial charge is 0.324 e. The van der Waals surface area contributed by atoms with Crippen molar-refractivity contribution in [1.29, 1.82) is 0 Å². The maximum atomic E-state index is 12.1. The van der Waals surface area contributed by atoms with E-state index in [4.69, 9.17) is 4.74 Å². The third-order valence-electron chi connectivity index (χ3n) is 3.31. The third kappa shape index (κ3) is 3.49. The minimum atomic E-state index is -0.396. The number of imidazole rings is 1. The Hall–Kier alpha value is -3.42. The summed E-state index contributed by atoms with van der Waals surface area (Å²) >= 11 is 0. The van der Waals surface area contributed by atoms with Crippen molar-refractivity contribution in [3.05, 3.63) is 54.9 Å². The van der Waals surface area contributed by atoms with Gasteiger partial charge in [-0.15, -0.1) is 0 Å². The highest BCUT2D eigenvalue weighted by molar-refractivity contribution is 5.99. The lowest BCUT2D eigenvalue weighted by Gasteiger charge is -2.09. The van der Waals surface area contributed by atoms with Gasteiger partial charge in [0.15, 0.2) is 0 Å². The summed E-state index contributed by atoms with van der Waals surface area (Å²) in [4.78, 5) is 24.4. The number of anilines is 2. The van der Waals surface area contributed by atoms with E-state index in [1.54, 1.807) is 54.4 Å². The first-order chi connectivity index (χ1) is 11.7. The lowest BCUT2D eigenvalue weighted by molar-refractivity contribution is 0.262. The molecule has 0 spiro atoms. The van der Waals surface area contributed by atoms with Gasteiger partial charge >= 0.3 is 6.03 Å². The van der Waals surface area contributed by atoms with Gasteiger partial charge in [0.05, 0.1) is 7.11 Å². The molecule has 0 saturated heterocycles. The van der Waals surface area contributed by atoms with Crippen LogP contribution in [0.2, 0.25) is 0 Å². The zero-order chi connectivity index (χ0) is 16.9. The van der Waals surface area contributed by atoms with Crippen LogP contribution in [0.4, 0.5) is 16.3 Å². The molecule has 3 rings (SSSR count). The maximum absolute atomic E-state index is 12.1. The van der Waals surface area contributed by atoms with E-state index in [1.165, 1.54) is 6.33 Å². The monoisotopic (exact) mass is 324 g/mol. The van der Waals surface area contributed by atoms with Crippen molar-refractivity contribution in [2.75, 3.05) is 17.7 Å². The Morgan fingerprint density at radius 2 is 1.92 bits per heavy atom. The van der Waals surface area contributed by atoms with Crippen molar-refractivity contribution < 1.29 is 9.53 Å². The number of carbonyl (C=O) groups excluding carboxylic acids is 1. The summed E-state index contributed by atoms with van der Waals surface area (Å²) in [6, 6.07) is 8.30. The largest absolute Gasteiger partial charge is 0.497 e. The highest BCUT2D eigenvalue weighted by Crippen LogP contribution is 2.16. The van der Waals surface area contributed by atoms with Crippen LogP contribution in [-0.4, -0.2) is 32.7 Å². The van der Waals surface area contributed by atoms with Gasteiger partial charge in [-0.05, 0) is 31.2 Å². The average molecular weight is 324 g/mol. The summed E-state index contributed by atoms with van der Waals surface area (Å²) < 4.78 is 6.88. The SMILES string of the molecule is COc1ccc(NC(=O)Nc2cc(-n3ccnc3C)ncn2)cc1. The van der Waals surface area contributed by atoms with Crippen molar-refractivity contribution in [1.82, 2.24) is 19.5 Å². The van der Waals surface area contributed by atoms with Gasteiger partial charge in [-0.25, -0.2) is 19.7 Å². The highest BCUT2D eigenvalue weighted by Gasteiger charge is 2.07. The van der Waals surface area contributed by atoms with E-state index in [2.05, 4.69) is 25.6 Å². The molecule has 0 aliphatic rings. The number of hydrogen-bond donors (Lipinski definition) is 2. The topological polar surface area (TPSA) is 94.0 Å². The lowest BCUT2D eigenvalue weighted by atomic mass is 10.3. The van der Waals surface area contributed by atoms with E-state index in [1.807, 2.05) is 6.92 Å². The first-order valence-corrected chi connectivity index (χ1v) is 7.20. The number of hydrogen-bond acceptors (Lipinski definition) is 5. The summed E-state index contributed by atoms with van der Waals surface area (Å²) in [7, 11) is 1.59. The van der Waals surface area contributed by atoms with Crippen molar-refractivity contribution in [3.8, 4) is 11.6 Å². The van der Waals surface area contributed by atoms with Gasteiger partial charge < -0.3 is 10.1 Å². The Labute approximate surface area is 138 Å². The normalized spacial score (nSPS) is 10.2. The Morgan fingerprint density at radius 1 is 1.12 bits per heavy atom. The number of ether oxygens (including phenoxy) is 1. The van der Waals surface area contributed by atoms with Crippen LogP contribution >= 0.6 is 0 Å². The molecule has 8 nitrogen and oxygen atoms in total. The van der Waals surface area contributed by atoms with E-state index in [0.717, 1.165) is 11.6 Å². The average Bonchev–Trinajstić information content (AvgIpc) is 3.02. The second-order valence-electron chi connectivity index (χ2n) is 4.91. The molecule has 3 aromatic rings. The van der Waals surface area contributed by atoms with Crippen molar-refractivity contribution in [3.63, 3.8) is 0 Å². The number of aromatic nitrogens is 4. The number of amides is 2. The number of benzene rings is 1. The minimum absolute atomic E-state index is 0.388. The van der Waals surface area contributed by atoms with Crippen LogP contribution in [0, 0.1) is 6.92 Å². The van der Waals surface area contributed by atoms with Crippen LogP contribution in [0.1, 0.15) is 5.82 Å². The molecule has 1 aromatic carbocycles. The molecule has 2 heterocycles. The molecule has 24 heavy (non-hydrogen) atoms. The van der Waals surface area contributed by atoms with Crippen LogP contribution in [0.25, 0.3) is 5.82 Å². The Kier molecular flexibility index (Phi) is 4.37. The molecule has 0 aliphatic heterocycles. The number of methoxy groups -OCH3 is 1. The van der Waals surface area contributed by atoms with Gasteiger partial charge in [0.25, 0.3) is 0 Å². The van der Waals surface area contributed by atoms with E-state index >= 15 is 0 Å². The molecule has 0 bridgehead atoms. The second-order valence-corrected chi connectivity index (χ2v) is 4.91. The number of rotatable bonds is 4. The van der Waals surface area contributed by atoms with Crippen molar-refractivity contribution in [2.45, 2.75) is 6.92 Å². The summed E-state index contributed by atoms with van der Waals surface area (Å²) in [6.45, 7) is 1.87. The number of aryl methyl sites for hydroxylation is 1. The van der Waals surface area contributed by atoms with Gasteiger partial charge in [0.1, 0.15) is 29.5 Å². The molecule has 2 N–H and O–H groups in total. The molecule has 8 heteroatoms. The van der Waals surface area contributed by atoms with Crippen LogP contribution < -0.4 is 15.4 Å². The molecular weight excluding hydrogens is 308 g/mol. The van der Waals surface area contributed by atoms with Crippen molar-refractivity contribution >= 4 is 17.5 Å². The Bertz CT molecular complexity index is 844. The fourth-order valence-electron chi connectivity index (χ4n) is 2.12. The van der Waals surface area contributed by atoms with Gasteiger partial charge in [-0.1, -0.05) is 0 Å². The number of urea groups is 1. The van der Waals surface area contributed by atoms with Crippen LogP contribution in [0.3, 0.4) is 0 Å². The molecule has 0 unspecified atom stereocenters. The van der Waals surface area contributed by atoms with E-state index in [9.17, 15) is 4.79 Å². The van der Waals surface area contributed by atoms with Gasteiger partial charge in [-0.3, -0.25) is 9.88 Å². The Balaban J connectivity index is 1.69. The van der Waals surface area contributed by atoms with Gasteiger partial charge in [0, 0.05) is 24.1 Å². The number of nitrogens with zero attached hydrogens (tertiary/aromatic N) is 4. The predicted molar refractivity (Wildman–Crippen MR) is 89.5 cm³/mol. The molecule has 0 aliphatic carbocycles. The van der Waals surface area contributed by atoms with E-state index in [0.29, 0.717) is 17.3 Å².